The Balaban J connectivity index is 2.06. The van der Waals surface area contributed by atoms with Crippen LogP contribution in [0.25, 0.3) is 0 Å². The van der Waals surface area contributed by atoms with E-state index >= 15 is 0 Å². The lowest BCUT2D eigenvalue weighted by Crippen LogP contribution is -2.01. The number of anilines is 1. The molecule has 2 aromatic rings. The van der Waals surface area contributed by atoms with Crippen LogP contribution < -0.4 is 5.32 Å². The second-order valence-electron chi connectivity index (χ2n) is 4.07. The summed E-state index contributed by atoms with van der Waals surface area (Å²) in [6.45, 7) is 2.51. The summed E-state index contributed by atoms with van der Waals surface area (Å²) in [7, 11) is 0. The summed E-state index contributed by atoms with van der Waals surface area (Å²) >= 11 is 2.26. The molecule has 4 heteroatoms. The molecule has 0 atom stereocenters. The largest absolute Gasteiger partial charge is 0.381 e. The molecule has 0 saturated carbocycles. The second-order valence-corrected chi connectivity index (χ2v) is 5.23. The van der Waals surface area contributed by atoms with E-state index in [0.29, 0.717) is 12.1 Å². The van der Waals surface area contributed by atoms with Crippen LogP contribution in [0, 0.1) is 22.1 Å². The molecule has 0 unspecified atom stereocenters. The SMILES string of the molecule is Cc1ccc(NCc2ccc(F)c(F)c2)cc1I. The van der Waals surface area contributed by atoms with Gasteiger partial charge in [0.25, 0.3) is 0 Å². The molecule has 0 saturated heterocycles. The monoisotopic (exact) mass is 359 g/mol. The van der Waals surface area contributed by atoms with Crippen molar-refractivity contribution in [3.8, 4) is 0 Å². The smallest absolute Gasteiger partial charge is 0.159 e. The number of benzene rings is 2. The van der Waals surface area contributed by atoms with Crippen molar-refractivity contribution >= 4 is 28.3 Å². The predicted molar refractivity (Wildman–Crippen MR) is 77.6 cm³/mol. The third-order valence-electron chi connectivity index (χ3n) is 2.65. The molecule has 2 rings (SSSR count). The first-order valence-electron chi connectivity index (χ1n) is 5.50. The highest BCUT2D eigenvalue weighted by Crippen LogP contribution is 2.18. The van der Waals surface area contributed by atoms with E-state index in [0.717, 1.165) is 11.8 Å². The summed E-state index contributed by atoms with van der Waals surface area (Å²) in [6, 6.07) is 9.94. The summed E-state index contributed by atoms with van der Waals surface area (Å²) in [4.78, 5) is 0. The van der Waals surface area contributed by atoms with Gasteiger partial charge in [-0.25, -0.2) is 8.78 Å². The summed E-state index contributed by atoms with van der Waals surface area (Å²) in [5.41, 5.74) is 2.90. The van der Waals surface area contributed by atoms with Gasteiger partial charge in [-0.05, 0) is 64.9 Å². The molecule has 0 aliphatic rings. The van der Waals surface area contributed by atoms with Crippen molar-refractivity contribution in [1.82, 2.24) is 0 Å². The maximum Gasteiger partial charge on any atom is 0.159 e. The highest BCUT2D eigenvalue weighted by Gasteiger charge is 2.03. The predicted octanol–water partition coefficient (Wildman–Crippen LogP) is 4.49. The standard InChI is InChI=1S/C14H12F2IN/c1-9-2-4-11(7-14(9)17)18-8-10-3-5-12(15)13(16)6-10/h2-7,18H,8H2,1H3. The van der Waals surface area contributed by atoms with Gasteiger partial charge in [-0.3, -0.25) is 0 Å². The molecule has 1 nitrogen and oxygen atoms in total. The van der Waals surface area contributed by atoms with Gasteiger partial charge in [0.05, 0.1) is 0 Å². The Hall–Kier alpha value is -1.17. The van der Waals surface area contributed by atoms with E-state index in [1.807, 2.05) is 25.1 Å². The molecule has 0 aliphatic carbocycles. The molecule has 2 aromatic carbocycles. The van der Waals surface area contributed by atoms with Gasteiger partial charge in [-0.1, -0.05) is 12.1 Å². The number of nitrogens with one attached hydrogen (secondary N) is 1. The Morgan fingerprint density at radius 3 is 2.50 bits per heavy atom. The van der Waals surface area contributed by atoms with Crippen molar-refractivity contribution in [2.24, 2.45) is 0 Å². The molecule has 0 heterocycles. The average molecular weight is 359 g/mol. The maximum atomic E-state index is 13.0. The zero-order valence-corrected chi connectivity index (χ0v) is 12.0. The van der Waals surface area contributed by atoms with Crippen LogP contribution in [-0.4, -0.2) is 0 Å². The molecule has 0 amide bonds. The fourth-order valence-electron chi connectivity index (χ4n) is 1.56. The lowest BCUT2D eigenvalue weighted by molar-refractivity contribution is 0.507. The van der Waals surface area contributed by atoms with Gasteiger partial charge in [0.1, 0.15) is 0 Å². The second kappa shape index (κ2) is 5.65. The van der Waals surface area contributed by atoms with E-state index in [4.69, 9.17) is 0 Å². The van der Waals surface area contributed by atoms with E-state index in [-0.39, 0.29) is 0 Å². The number of halogens is 3. The van der Waals surface area contributed by atoms with Crippen LogP contribution in [0.15, 0.2) is 36.4 Å². The summed E-state index contributed by atoms with van der Waals surface area (Å²) in [5, 5.41) is 3.18. The Kier molecular flexibility index (Phi) is 4.16. The highest BCUT2D eigenvalue weighted by molar-refractivity contribution is 14.1. The van der Waals surface area contributed by atoms with Crippen LogP contribution >= 0.6 is 22.6 Å². The van der Waals surface area contributed by atoms with Crippen molar-refractivity contribution in [3.05, 3.63) is 62.7 Å². The van der Waals surface area contributed by atoms with Crippen molar-refractivity contribution in [1.29, 1.82) is 0 Å². The zero-order chi connectivity index (χ0) is 13.1. The Morgan fingerprint density at radius 1 is 1.06 bits per heavy atom. The van der Waals surface area contributed by atoms with E-state index in [2.05, 4.69) is 27.9 Å². The minimum absolute atomic E-state index is 0.469. The van der Waals surface area contributed by atoms with Crippen LogP contribution in [0.1, 0.15) is 11.1 Å². The van der Waals surface area contributed by atoms with E-state index in [1.165, 1.54) is 15.2 Å². The molecule has 0 bridgehead atoms. The van der Waals surface area contributed by atoms with E-state index in [9.17, 15) is 8.78 Å². The van der Waals surface area contributed by atoms with Gasteiger partial charge >= 0.3 is 0 Å². The Morgan fingerprint density at radius 2 is 1.83 bits per heavy atom. The molecule has 0 radical (unpaired) electrons. The number of aryl methyl sites for hydroxylation is 1. The zero-order valence-electron chi connectivity index (χ0n) is 9.81. The normalized spacial score (nSPS) is 10.4. The van der Waals surface area contributed by atoms with Gasteiger partial charge < -0.3 is 5.32 Å². The van der Waals surface area contributed by atoms with Gasteiger partial charge in [0.2, 0.25) is 0 Å². The Bertz CT molecular complexity index is 518. The van der Waals surface area contributed by atoms with Crippen LogP contribution in [0.2, 0.25) is 0 Å². The van der Waals surface area contributed by atoms with Crippen molar-refractivity contribution in [2.45, 2.75) is 13.5 Å². The number of hydrogen-bond donors (Lipinski definition) is 1. The highest BCUT2D eigenvalue weighted by atomic mass is 127. The summed E-state index contributed by atoms with van der Waals surface area (Å²) in [6.07, 6.45) is 0. The first-order chi connectivity index (χ1) is 8.56. The van der Waals surface area contributed by atoms with Crippen LogP contribution in [-0.2, 0) is 6.54 Å². The van der Waals surface area contributed by atoms with Crippen LogP contribution in [0.5, 0.6) is 0 Å². The van der Waals surface area contributed by atoms with Gasteiger partial charge in [-0.2, -0.15) is 0 Å². The number of rotatable bonds is 3. The molecule has 1 N–H and O–H groups in total. The fourth-order valence-corrected chi connectivity index (χ4v) is 2.07. The molecule has 18 heavy (non-hydrogen) atoms. The molecule has 0 fully saturated rings. The lowest BCUT2D eigenvalue weighted by Gasteiger charge is -2.08. The first-order valence-corrected chi connectivity index (χ1v) is 6.58. The fraction of sp³-hybridized carbons (Fsp3) is 0.143. The maximum absolute atomic E-state index is 13.0. The van der Waals surface area contributed by atoms with Crippen molar-refractivity contribution in [3.63, 3.8) is 0 Å². The molecule has 94 valence electrons. The van der Waals surface area contributed by atoms with Gasteiger partial charge in [0.15, 0.2) is 11.6 Å². The molecule has 0 aliphatic heterocycles. The van der Waals surface area contributed by atoms with Crippen LogP contribution in [0.3, 0.4) is 0 Å². The third-order valence-corrected chi connectivity index (χ3v) is 3.81. The minimum Gasteiger partial charge on any atom is -0.381 e. The van der Waals surface area contributed by atoms with Crippen molar-refractivity contribution in [2.75, 3.05) is 5.32 Å². The molecular weight excluding hydrogens is 347 g/mol. The molecular formula is C14H12F2IN. The van der Waals surface area contributed by atoms with E-state index < -0.39 is 11.6 Å². The molecule has 0 spiro atoms. The Labute approximate surface area is 118 Å². The average Bonchev–Trinajstić information content (AvgIpc) is 2.35. The van der Waals surface area contributed by atoms with Crippen LogP contribution in [0.4, 0.5) is 14.5 Å². The van der Waals surface area contributed by atoms with Crippen molar-refractivity contribution < 1.29 is 8.78 Å². The first kappa shape index (κ1) is 13.3. The molecule has 0 aromatic heterocycles. The van der Waals surface area contributed by atoms with Gasteiger partial charge in [-0.15, -0.1) is 0 Å². The van der Waals surface area contributed by atoms with E-state index in [1.54, 1.807) is 6.07 Å². The lowest BCUT2D eigenvalue weighted by atomic mass is 10.2. The minimum atomic E-state index is -0.816. The topological polar surface area (TPSA) is 12.0 Å². The number of hydrogen-bond acceptors (Lipinski definition) is 1. The summed E-state index contributed by atoms with van der Waals surface area (Å²) in [5.74, 6) is -1.63. The third kappa shape index (κ3) is 3.19. The quantitative estimate of drug-likeness (QED) is 0.797. The summed E-state index contributed by atoms with van der Waals surface area (Å²) < 4.78 is 27.0. The van der Waals surface area contributed by atoms with Gasteiger partial charge in [0, 0.05) is 15.8 Å².